The first-order valence-corrected chi connectivity index (χ1v) is 2.10. The van der Waals surface area contributed by atoms with Crippen molar-refractivity contribution in [2.45, 2.75) is 0 Å². The summed E-state index contributed by atoms with van der Waals surface area (Å²) in [4.78, 5) is 4.05. The third kappa shape index (κ3) is 3.74. The van der Waals surface area contributed by atoms with Gasteiger partial charge in [-0.1, -0.05) is 0 Å². The molecule has 0 N–H and O–H groups in total. The fourth-order valence-electron chi connectivity index (χ4n) is 0.0418. The molecule has 0 fully saturated rings. The molecule has 0 spiro atoms. The van der Waals surface area contributed by atoms with Gasteiger partial charge in [0.05, 0.1) is 0 Å². The van der Waals surface area contributed by atoms with Gasteiger partial charge in [0.1, 0.15) is 0 Å². The molecule has 0 unspecified atom stereocenters. The molecule has 0 bridgehead atoms. The van der Waals surface area contributed by atoms with Crippen molar-refractivity contribution >= 4 is 5.87 Å². The molecule has 0 aromatic rings. The number of rotatable bonds is 2. The molecule has 0 aromatic carbocycles. The third-order valence-electron chi connectivity index (χ3n) is 0.131. The first-order valence-electron chi connectivity index (χ1n) is 1.08. The summed E-state index contributed by atoms with van der Waals surface area (Å²) in [5, 5.41) is 3.06. The van der Waals surface area contributed by atoms with E-state index in [0.29, 0.717) is 0 Å². The first-order chi connectivity index (χ1) is 2.91. The minimum atomic E-state index is 1.64. The van der Waals surface area contributed by atoms with Crippen molar-refractivity contribution in [3.63, 3.8) is 0 Å². The van der Waals surface area contributed by atoms with Gasteiger partial charge in [-0.15, -0.1) is 0 Å². The molecule has 36 valence electrons. The van der Waals surface area contributed by atoms with Crippen molar-refractivity contribution < 1.29 is 24.6 Å². The Balaban J connectivity index is 3.07. The monoisotopic (exact) mass is 265 g/mol. The summed E-state index contributed by atoms with van der Waals surface area (Å²) in [5.74, 6) is 2.12. The van der Waals surface area contributed by atoms with Gasteiger partial charge in [-0.25, -0.2) is 0 Å². The second-order valence-corrected chi connectivity index (χ2v) is 0.804. The maximum absolute atomic E-state index is 4.05. The summed E-state index contributed by atoms with van der Waals surface area (Å²) < 4.78 is 3.13. The zero-order valence-corrected chi connectivity index (χ0v) is 5.10. The number of hydrogen-bond acceptors (Lipinski definition) is 3. The van der Waals surface area contributed by atoms with Crippen LogP contribution in [0.4, 0.5) is 0 Å². The van der Waals surface area contributed by atoms with Gasteiger partial charge in [-0.05, 0) is 0 Å². The van der Waals surface area contributed by atoms with E-state index in [0.717, 1.165) is 0 Å². The molecule has 4 heteroatoms. The Hall–Kier alpha value is -0.262. The second kappa shape index (κ2) is 4.74. The molecule has 0 aliphatic rings. The Bertz CT molecular complexity index is 85.5. The zero-order chi connectivity index (χ0) is 4.83. The molecule has 3 nitrogen and oxygen atoms in total. The van der Waals surface area contributed by atoms with E-state index in [2.05, 4.69) is 26.2 Å². The Morgan fingerprint density at radius 1 is 1.83 bits per heavy atom. The van der Waals surface area contributed by atoms with Crippen LogP contribution < -0.4 is 0 Å². The van der Waals surface area contributed by atoms with Gasteiger partial charge in [-0.3, -0.25) is 0 Å². The minimum absolute atomic E-state index is 1.64. The third-order valence-corrected chi connectivity index (χ3v) is 0.317. The molecule has 0 amide bonds. The van der Waals surface area contributed by atoms with Crippen molar-refractivity contribution in [2.75, 3.05) is 0 Å². The quantitative estimate of drug-likeness (QED) is 0.526. The predicted octanol–water partition coefficient (Wildman–Crippen LogP) is 0.419. The maximum atomic E-state index is 4.05. The fourth-order valence-corrected chi connectivity index (χ4v) is 0.135. The van der Waals surface area contributed by atoms with E-state index < -0.39 is 0 Å². The van der Waals surface area contributed by atoms with Gasteiger partial charge < -0.3 is 0 Å². The van der Waals surface area contributed by atoms with Crippen LogP contribution in [0.15, 0.2) is 15.4 Å². The van der Waals surface area contributed by atoms with Crippen molar-refractivity contribution in [2.24, 2.45) is 8.81 Å². The van der Waals surface area contributed by atoms with Gasteiger partial charge >= 0.3 is 45.8 Å². The molecule has 0 aromatic heterocycles. The van der Waals surface area contributed by atoms with E-state index in [1.807, 2.05) is 0 Å². The molecular formula is C2H2N2OPt. The summed E-state index contributed by atoms with van der Waals surface area (Å²) in [6.45, 7) is 3.12. The van der Waals surface area contributed by atoms with Crippen LogP contribution in [0.3, 0.4) is 0 Å². The van der Waals surface area contributed by atoms with E-state index >= 15 is 0 Å². The zero-order valence-electron chi connectivity index (χ0n) is 2.83. The van der Waals surface area contributed by atoms with Gasteiger partial charge in [0.15, 0.2) is 0 Å². The normalized spacial score (nSPS) is 5.67. The summed E-state index contributed by atoms with van der Waals surface area (Å²) in [6, 6.07) is 0. The van der Waals surface area contributed by atoms with Gasteiger partial charge in [0.2, 0.25) is 0 Å². The summed E-state index contributed by atoms with van der Waals surface area (Å²) in [7, 11) is 0. The van der Waals surface area contributed by atoms with Crippen LogP contribution in [0, 0.1) is 0 Å². The van der Waals surface area contributed by atoms with E-state index in [-0.39, 0.29) is 0 Å². The molecule has 0 saturated heterocycles. The topological polar surface area (TPSA) is 34.0 Å². The van der Waals surface area contributed by atoms with Crippen LogP contribution in [0.2, 0.25) is 0 Å². The molecule has 0 atom stereocenters. The average molecular weight is 265 g/mol. The molecule has 0 heterocycles. The molecule has 0 radical (unpaired) electrons. The molecule has 0 aliphatic heterocycles. The predicted molar refractivity (Wildman–Crippen MR) is 16.6 cm³/mol. The van der Waals surface area contributed by atoms with Crippen LogP contribution in [-0.2, 0) is 24.6 Å². The summed E-state index contributed by atoms with van der Waals surface area (Å²) in [5.41, 5.74) is 0. The van der Waals surface area contributed by atoms with Gasteiger partial charge in [-0.2, -0.15) is 0 Å². The van der Waals surface area contributed by atoms with E-state index in [4.69, 9.17) is 0 Å². The van der Waals surface area contributed by atoms with Crippen LogP contribution in [0.1, 0.15) is 0 Å². The summed E-state index contributed by atoms with van der Waals surface area (Å²) >= 11 is 1.64. The number of nitrogens with zero attached hydrogens (tertiary/aromatic N) is 2. The molecule has 6 heavy (non-hydrogen) atoms. The molecule has 0 aliphatic carbocycles. The molecule has 0 rings (SSSR count). The van der Waals surface area contributed by atoms with Crippen LogP contribution in [0.25, 0.3) is 0 Å². The van der Waals surface area contributed by atoms with Crippen LogP contribution in [-0.4, -0.2) is 5.87 Å². The van der Waals surface area contributed by atoms with Crippen molar-refractivity contribution in [1.29, 1.82) is 0 Å². The van der Waals surface area contributed by atoms with Crippen LogP contribution in [0.5, 0.6) is 0 Å². The van der Waals surface area contributed by atoms with Crippen molar-refractivity contribution in [3.05, 3.63) is 6.58 Å². The Morgan fingerprint density at radius 3 is 2.67 bits per heavy atom. The van der Waals surface area contributed by atoms with E-state index in [1.54, 1.807) is 19.6 Å². The van der Waals surface area contributed by atoms with E-state index in [9.17, 15) is 0 Å². The summed E-state index contributed by atoms with van der Waals surface area (Å²) in [6.07, 6.45) is 0. The fraction of sp³-hybridized carbons (Fsp3) is 0. The Labute approximate surface area is 46.4 Å². The van der Waals surface area contributed by atoms with E-state index in [1.165, 1.54) is 0 Å². The first kappa shape index (κ1) is 5.74. The van der Waals surface area contributed by atoms with Gasteiger partial charge in [0.25, 0.3) is 0 Å². The molecular weight excluding hydrogens is 263 g/mol. The SMILES string of the molecule is C=C=NO[N]=[Pt]. The average Bonchev–Trinajstić information content (AvgIpc) is 1.61. The number of hydrogen-bond donors (Lipinski definition) is 0. The Morgan fingerprint density at radius 2 is 2.50 bits per heavy atom. The standard InChI is InChI=1S/C2H2N2O.Pt/c1-2-4-5-3;/h1H2;. The second-order valence-electron chi connectivity index (χ2n) is 0.389. The van der Waals surface area contributed by atoms with Crippen molar-refractivity contribution in [1.82, 2.24) is 0 Å². The van der Waals surface area contributed by atoms with Crippen LogP contribution >= 0.6 is 0 Å². The Kier molecular flexibility index (Phi) is 4.53. The van der Waals surface area contributed by atoms with Crippen molar-refractivity contribution in [3.8, 4) is 0 Å². The van der Waals surface area contributed by atoms with Gasteiger partial charge in [0, 0.05) is 0 Å². The molecule has 0 saturated carbocycles.